The van der Waals surface area contributed by atoms with E-state index in [2.05, 4.69) is 25.6 Å². The first-order valence-electron chi connectivity index (χ1n) is 10.6. The molecule has 13 heteroatoms. The van der Waals surface area contributed by atoms with Crippen LogP contribution in [0.2, 0.25) is 0 Å². The number of carbonyl (C=O) groups is 1. The van der Waals surface area contributed by atoms with Gasteiger partial charge in [-0.2, -0.15) is 18.0 Å². The van der Waals surface area contributed by atoms with Gasteiger partial charge in [-0.25, -0.2) is 4.98 Å². The van der Waals surface area contributed by atoms with Crippen LogP contribution in [0.5, 0.6) is 5.88 Å². The number of alkyl halides is 3. The molecule has 0 aliphatic heterocycles. The van der Waals surface area contributed by atoms with Crippen LogP contribution in [0.4, 0.5) is 13.2 Å². The topological polar surface area (TPSA) is 114 Å². The molecule has 186 valence electrons. The first kappa shape index (κ1) is 25.6. The third-order valence-corrected chi connectivity index (χ3v) is 4.53. The highest BCUT2D eigenvalue weighted by molar-refractivity contribution is 5.98. The zero-order chi connectivity index (χ0) is 25.3. The lowest BCUT2D eigenvalue weighted by Crippen LogP contribution is -2.11. The number of benzene rings is 1. The van der Waals surface area contributed by atoms with E-state index in [9.17, 15) is 18.0 Å². The van der Waals surface area contributed by atoms with Crippen molar-refractivity contribution in [3.05, 3.63) is 65.1 Å². The average Bonchev–Trinajstić information content (AvgIpc) is 3.29. The van der Waals surface area contributed by atoms with Gasteiger partial charge in [0.25, 0.3) is 0 Å². The predicted octanol–water partition coefficient (Wildman–Crippen LogP) is 3.56. The van der Waals surface area contributed by atoms with Gasteiger partial charge in [-0.3, -0.25) is 4.79 Å². The fraction of sp³-hybridized carbons (Fsp3) is 0.364. The number of nitrogens with zero attached hydrogens (tertiary/aromatic N) is 6. The fourth-order valence-corrected chi connectivity index (χ4v) is 2.72. The summed E-state index contributed by atoms with van der Waals surface area (Å²) < 4.78 is 48.2. The monoisotopic (exact) mass is 492 g/mol. The molecule has 0 bridgehead atoms. The van der Waals surface area contributed by atoms with E-state index in [0.717, 1.165) is 12.1 Å². The van der Waals surface area contributed by atoms with Crippen LogP contribution in [0, 0.1) is 0 Å². The molecule has 0 saturated carbocycles. The van der Waals surface area contributed by atoms with E-state index in [0.29, 0.717) is 35.1 Å². The highest BCUT2D eigenvalue weighted by atomic mass is 19.4. The second-order valence-corrected chi connectivity index (χ2v) is 7.18. The van der Waals surface area contributed by atoms with Crippen LogP contribution >= 0.6 is 0 Å². The molecule has 2 heterocycles. The van der Waals surface area contributed by atoms with E-state index < -0.39 is 11.7 Å². The van der Waals surface area contributed by atoms with E-state index in [1.807, 2.05) is 0 Å². The molecule has 0 amide bonds. The highest BCUT2D eigenvalue weighted by Gasteiger charge is 2.29. The molecule has 3 rings (SSSR count). The SMILES string of the molecule is CCOC(=O)CCn1nnc(COc2ccc(/C(C)=N/OCc3ccc(C(F)(F)F)cc3)cn2)n1. The van der Waals surface area contributed by atoms with Gasteiger partial charge >= 0.3 is 12.1 Å². The minimum absolute atomic E-state index is 0.0254. The molecule has 3 aromatic rings. The molecule has 35 heavy (non-hydrogen) atoms. The Hall–Kier alpha value is -4.03. The zero-order valence-corrected chi connectivity index (χ0v) is 19.0. The summed E-state index contributed by atoms with van der Waals surface area (Å²) >= 11 is 0. The second kappa shape index (κ2) is 11.9. The molecule has 0 unspecified atom stereocenters. The normalized spacial score (nSPS) is 11.9. The molecule has 1 aromatic carbocycles. The third-order valence-electron chi connectivity index (χ3n) is 4.53. The van der Waals surface area contributed by atoms with Gasteiger partial charge < -0.3 is 14.3 Å². The first-order chi connectivity index (χ1) is 16.7. The van der Waals surface area contributed by atoms with Crippen LogP contribution in [0.1, 0.15) is 42.8 Å². The van der Waals surface area contributed by atoms with Gasteiger partial charge in [0.2, 0.25) is 11.7 Å². The van der Waals surface area contributed by atoms with Crippen molar-refractivity contribution >= 4 is 11.7 Å². The number of tetrazole rings is 1. The van der Waals surface area contributed by atoms with Gasteiger partial charge in [0, 0.05) is 17.8 Å². The maximum Gasteiger partial charge on any atom is 0.416 e. The molecule has 0 radical (unpaired) electrons. The molecule has 10 nitrogen and oxygen atoms in total. The molecule has 0 saturated heterocycles. The van der Waals surface area contributed by atoms with Gasteiger partial charge in [0.15, 0.2) is 6.61 Å². The Kier molecular flexibility index (Phi) is 8.70. The number of hydrogen-bond acceptors (Lipinski definition) is 9. The lowest BCUT2D eigenvalue weighted by molar-refractivity contribution is -0.143. The largest absolute Gasteiger partial charge is 0.469 e. The van der Waals surface area contributed by atoms with E-state index in [1.165, 1.54) is 16.9 Å². The molecular weight excluding hydrogens is 469 g/mol. The molecular formula is C22H23F3N6O4. The van der Waals surface area contributed by atoms with Crippen molar-refractivity contribution in [3.63, 3.8) is 0 Å². The Labute approximate surface area is 198 Å². The Morgan fingerprint density at radius 2 is 1.89 bits per heavy atom. The van der Waals surface area contributed by atoms with Gasteiger partial charge in [0.1, 0.15) is 6.61 Å². The number of halogens is 3. The number of pyridine rings is 1. The zero-order valence-electron chi connectivity index (χ0n) is 19.0. The van der Waals surface area contributed by atoms with Crippen molar-refractivity contribution in [1.82, 2.24) is 25.2 Å². The van der Waals surface area contributed by atoms with E-state index >= 15 is 0 Å². The number of carbonyl (C=O) groups excluding carboxylic acids is 1. The summed E-state index contributed by atoms with van der Waals surface area (Å²) in [5.41, 5.74) is 1.04. The van der Waals surface area contributed by atoms with Crippen LogP contribution in [0.3, 0.4) is 0 Å². The smallest absolute Gasteiger partial charge is 0.416 e. The minimum Gasteiger partial charge on any atom is -0.469 e. The number of aromatic nitrogens is 5. The quantitative estimate of drug-likeness (QED) is 0.227. The molecule has 0 atom stereocenters. The standard InChI is InChI=1S/C22H23F3N6O4/c1-3-33-21(32)10-11-31-28-19(27-30-31)14-34-20-9-6-17(12-26-20)15(2)29-35-13-16-4-7-18(8-5-16)22(23,24)25/h4-9,12H,3,10-11,13-14H2,1-2H3/b29-15+. The average molecular weight is 492 g/mol. The molecule has 0 aliphatic rings. The van der Waals surface area contributed by atoms with Crippen molar-refractivity contribution in [2.45, 2.75) is 46.2 Å². The Morgan fingerprint density at radius 3 is 2.54 bits per heavy atom. The summed E-state index contributed by atoms with van der Waals surface area (Å²) in [6.07, 6.45) is -2.70. The van der Waals surface area contributed by atoms with Crippen molar-refractivity contribution < 1.29 is 32.3 Å². The summed E-state index contributed by atoms with van der Waals surface area (Å²) in [4.78, 5) is 22.1. The summed E-state index contributed by atoms with van der Waals surface area (Å²) in [5, 5.41) is 15.8. The number of oxime groups is 1. The molecule has 0 spiro atoms. The molecule has 2 aromatic heterocycles. The lowest BCUT2D eigenvalue weighted by Gasteiger charge is -2.07. The fourth-order valence-electron chi connectivity index (χ4n) is 2.72. The number of rotatable bonds is 11. The van der Waals surface area contributed by atoms with E-state index in [1.54, 1.807) is 32.2 Å². The molecule has 0 fully saturated rings. The first-order valence-corrected chi connectivity index (χ1v) is 10.6. The maximum absolute atomic E-state index is 12.6. The van der Waals surface area contributed by atoms with Crippen molar-refractivity contribution in [2.24, 2.45) is 5.16 Å². The van der Waals surface area contributed by atoms with Gasteiger partial charge in [0.05, 0.1) is 30.8 Å². The summed E-state index contributed by atoms with van der Waals surface area (Å²) in [6, 6.07) is 8.04. The van der Waals surface area contributed by atoms with Crippen molar-refractivity contribution in [3.8, 4) is 5.88 Å². The van der Waals surface area contributed by atoms with E-state index in [-0.39, 0.29) is 32.1 Å². The molecule has 0 N–H and O–H groups in total. The number of aryl methyl sites for hydroxylation is 1. The van der Waals surface area contributed by atoms with E-state index in [4.69, 9.17) is 14.3 Å². The number of hydrogen-bond donors (Lipinski definition) is 0. The second-order valence-electron chi connectivity index (χ2n) is 7.18. The maximum atomic E-state index is 12.6. The van der Waals surface area contributed by atoms with Crippen molar-refractivity contribution in [2.75, 3.05) is 6.61 Å². The van der Waals surface area contributed by atoms with Crippen LogP contribution in [-0.4, -0.2) is 43.5 Å². The summed E-state index contributed by atoms with van der Waals surface area (Å²) in [6.45, 7) is 4.07. The predicted molar refractivity (Wildman–Crippen MR) is 116 cm³/mol. The Morgan fingerprint density at radius 1 is 1.11 bits per heavy atom. The van der Waals surface area contributed by atoms with Crippen LogP contribution in [0.15, 0.2) is 47.8 Å². The highest BCUT2D eigenvalue weighted by Crippen LogP contribution is 2.29. The number of esters is 1. The number of ether oxygens (including phenoxy) is 2. The van der Waals surface area contributed by atoms with Crippen LogP contribution in [-0.2, 0) is 40.3 Å². The molecule has 0 aliphatic carbocycles. The van der Waals surface area contributed by atoms with Gasteiger partial charge in [-0.15, -0.1) is 10.2 Å². The third kappa shape index (κ3) is 8.05. The minimum atomic E-state index is -4.38. The lowest BCUT2D eigenvalue weighted by atomic mass is 10.1. The summed E-state index contributed by atoms with van der Waals surface area (Å²) in [7, 11) is 0. The van der Waals surface area contributed by atoms with Crippen LogP contribution < -0.4 is 4.74 Å². The van der Waals surface area contributed by atoms with Crippen molar-refractivity contribution in [1.29, 1.82) is 0 Å². The van der Waals surface area contributed by atoms with Gasteiger partial charge in [-0.05, 0) is 42.8 Å². The van der Waals surface area contributed by atoms with Crippen LogP contribution in [0.25, 0.3) is 0 Å². The Bertz CT molecular complexity index is 1130. The Balaban J connectivity index is 1.45. The summed E-state index contributed by atoms with van der Waals surface area (Å²) in [5.74, 6) is 0.319. The van der Waals surface area contributed by atoms with Gasteiger partial charge in [-0.1, -0.05) is 17.3 Å².